The second kappa shape index (κ2) is 8.87. The van der Waals surface area contributed by atoms with Gasteiger partial charge in [0.2, 0.25) is 0 Å². The van der Waals surface area contributed by atoms with E-state index in [-0.39, 0.29) is 11.3 Å². The second-order valence-corrected chi connectivity index (χ2v) is 6.08. The third-order valence-corrected chi connectivity index (χ3v) is 4.07. The molecule has 0 bridgehead atoms. The lowest BCUT2D eigenvalue weighted by Gasteiger charge is -2.11. The van der Waals surface area contributed by atoms with E-state index in [1.165, 1.54) is 12.3 Å². The van der Waals surface area contributed by atoms with E-state index in [0.717, 1.165) is 5.56 Å². The summed E-state index contributed by atoms with van der Waals surface area (Å²) in [6.07, 6.45) is 2.95. The average molecular weight is 381 g/mol. The van der Waals surface area contributed by atoms with Crippen molar-refractivity contribution < 1.29 is 14.0 Å². The van der Waals surface area contributed by atoms with E-state index in [9.17, 15) is 9.59 Å². The molecule has 0 unspecified atom stereocenters. The van der Waals surface area contributed by atoms with Crippen LogP contribution in [0.5, 0.6) is 0 Å². The first-order chi connectivity index (χ1) is 13.1. The Kier molecular flexibility index (Phi) is 6.07. The molecule has 6 heteroatoms. The van der Waals surface area contributed by atoms with E-state index < -0.39 is 11.8 Å². The van der Waals surface area contributed by atoms with Gasteiger partial charge in [0.1, 0.15) is 11.5 Å². The normalized spacial score (nSPS) is 11.1. The van der Waals surface area contributed by atoms with Crippen LogP contribution in [0.4, 0.5) is 0 Å². The summed E-state index contributed by atoms with van der Waals surface area (Å²) in [6.45, 7) is 0.330. The van der Waals surface area contributed by atoms with Crippen molar-refractivity contribution in [1.29, 1.82) is 0 Å². The Balaban J connectivity index is 1.78. The Morgan fingerprint density at radius 3 is 2.41 bits per heavy atom. The van der Waals surface area contributed by atoms with E-state index >= 15 is 0 Å². The van der Waals surface area contributed by atoms with Crippen LogP contribution in [0, 0.1) is 0 Å². The molecule has 0 aliphatic heterocycles. The van der Waals surface area contributed by atoms with Gasteiger partial charge in [0.05, 0.1) is 16.8 Å². The van der Waals surface area contributed by atoms with Crippen LogP contribution in [0.3, 0.4) is 0 Å². The number of furan rings is 1. The lowest BCUT2D eigenvalue weighted by Crippen LogP contribution is -2.34. The summed E-state index contributed by atoms with van der Waals surface area (Å²) >= 11 is 6.07. The second-order valence-electron chi connectivity index (χ2n) is 5.68. The number of carbonyl (C=O) groups is 2. The van der Waals surface area contributed by atoms with Gasteiger partial charge in [-0.25, -0.2) is 0 Å². The monoisotopic (exact) mass is 380 g/mol. The number of hydrogen-bond acceptors (Lipinski definition) is 3. The number of hydrogen-bond donors (Lipinski definition) is 2. The van der Waals surface area contributed by atoms with E-state index in [2.05, 4.69) is 10.6 Å². The third kappa shape index (κ3) is 5.09. The van der Waals surface area contributed by atoms with Gasteiger partial charge in [0.15, 0.2) is 0 Å². The zero-order valence-corrected chi connectivity index (χ0v) is 15.1. The first kappa shape index (κ1) is 18.5. The van der Waals surface area contributed by atoms with Crippen LogP contribution in [0.1, 0.15) is 21.7 Å². The van der Waals surface area contributed by atoms with Gasteiger partial charge >= 0.3 is 0 Å². The summed E-state index contributed by atoms with van der Waals surface area (Å²) in [6, 6.07) is 19.5. The molecule has 0 spiro atoms. The van der Waals surface area contributed by atoms with Crippen molar-refractivity contribution in [3.05, 3.63) is 101 Å². The summed E-state index contributed by atoms with van der Waals surface area (Å²) in [4.78, 5) is 25.2. The molecule has 0 saturated carbocycles. The quantitative estimate of drug-likeness (QED) is 0.634. The van der Waals surface area contributed by atoms with Crippen molar-refractivity contribution in [3.8, 4) is 0 Å². The van der Waals surface area contributed by atoms with Crippen LogP contribution in [0.15, 0.2) is 83.1 Å². The first-order valence-corrected chi connectivity index (χ1v) is 8.64. The summed E-state index contributed by atoms with van der Waals surface area (Å²) in [7, 11) is 0. The highest BCUT2D eigenvalue weighted by Crippen LogP contribution is 2.15. The zero-order chi connectivity index (χ0) is 19.1. The van der Waals surface area contributed by atoms with Crippen LogP contribution in [0.25, 0.3) is 6.08 Å². The highest BCUT2D eigenvalue weighted by Gasteiger charge is 2.16. The van der Waals surface area contributed by atoms with Crippen LogP contribution in [0.2, 0.25) is 5.02 Å². The van der Waals surface area contributed by atoms with E-state index in [1.54, 1.807) is 36.4 Å². The molecule has 136 valence electrons. The van der Waals surface area contributed by atoms with Gasteiger partial charge in [0.25, 0.3) is 11.8 Å². The van der Waals surface area contributed by atoms with Gasteiger partial charge in [-0.15, -0.1) is 0 Å². The molecule has 0 atom stereocenters. The topological polar surface area (TPSA) is 71.3 Å². The number of amides is 2. The van der Waals surface area contributed by atoms with Crippen molar-refractivity contribution in [2.24, 2.45) is 0 Å². The molecule has 0 saturated heterocycles. The van der Waals surface area contributed by atoms with E-state index in [4.69, 9.17) is 16.0 Å². The van der Waals surface area contributed by atoms with Crippen molar-refractivity contribution in [2.75, 3.05) is 0 Å². The van der Waals surface area contributed by atoms with Crippen molar-refractivity contribution >= 4 is 29.5 Å². The minimum absolute atomic E-state index is 0.0609. The molecule has 0 aliphatic carbocycles. The molecule has 2 aromatic carbocycles. The summed E-state index contributed by atoms with van der Waals surface area (Å²) in [5.74, 6) is -0.469. The Morgan fingerprint density at radius 1 is 0.963 bits per heavy atom. The van der Waals surface area contributed by atoms with Crippen LogP contribution in [-0.2, 0) is 11.3 Å². The summed E-state index contributed by atoms with van der Waals surface area (Å²) < 4.78 is 5.25. The lowest BCUT2D eigenvalue weighted by molar-refractivity contribution is -0.117. The van der Waals surface area contributed by atoms with Gasteiger partial charge in [0, 0.05) is 12.6 Å². The molecule has 1 aromatic heterocycles. The van der Waals surface area contributed by atoms with Crippen molar-refractivity contribution in [3.63, 3.8) is 0 Å². The maximum atomic E-state index is 12.6. The first-order valence-electron chi connectivity index (χ1n) is 8.26. The molecule has 2 amide bonds. The van der Waals surface area contributed by atoms with E-state index in [0.29, 0.717) is 17.3 Å². The largest absolute Gasteiger partial charge is 0.465 e. The molecule has 5 nitrogen and oxygen atoms in total. The molecular weight excluding hydrogens is 364 g/mol. The Hall–Kier alpha value is -3.31. The molecule has 1 heterocycles. The standard InChI is InChI=1S/C21H17ClN2O3/c22-18-11-5-4-10-17(18)20(25)24-19(13-16-9-6-12-27-16)21(26)23-14-15-7-2-1-3-8-15/h1-13H,14H2,(H,23,26)(H,24,25)/b19-13+. The number of halogens is 1. The van der Waals surface area contributed by atoms with Gasteiger partial charge in [-0.3, -0.25) is 9.59 Å². The molecule has 0 aliphatic rings. The maximum absolute atomic E-state index is 12.6. The van der Waals surface area contributed by atoms with Gasteiger partial charge in [-0.05, 0) is 29.8 Å². The zero-order valence-electron chi connectivity index (χ0n) is 14.3. The number of carbonyl (C=O) groups excluding carboxylic acids is 2. The third-order valence-electron chi connectivity index (χ3n) is 3.74. The number of nitrogens with one attached hydrogen (secondary N) is 2. The molecular formula is C21H17ClN2O3. The molecule has 2 N–H and O–H groups in total. The highest BCUT2D eigenvalue weighted by atomic mass is 35.5. The predicted molar refractivity (Wildman–Crippen MR) is 104 cm³/mol. The number of benzene rings is 2. The molecule has 0 radical (unpaired) electrons. The van der Waals surface area contributed by atoms with Crippen LogP contribution in [-0.4, -0.2) is 11.8 Å². The van der Waals surface area contributed by atoms with E-state index in [1.807, 2.05) is 30.3 Å². The van der Waals surface area contributed by atoms with Crippen LogP contribution < -0.4 is 10.6 Å². The number of rotatable bonds is 6. The average Bonchev–Trinajstić information content (AvgIpc) is 3.20. The predicted octanol–water partition coefficient (Wildman–Crippen LogP) is 4.02. The SMILES string of the molecule is O=C(NCc1ccccc1)/C(=C\c1ccco1)NC(=O)c1ccccc1Cl. The van der Waals surface area contributed by atoms with Gasteiger partial charge in [-0.1, -0.05) is 54.1 Å². The molecule has 3 rings (SSSR count). The summed E-state index contributed by atoms with van der Waals surface area (Å²) in [5, 5.41) is 5.70. The smallest absolute Gasteiger partial charge is 0.268 e. The van der Waals surface area contributed by atoms with Crippen molar-refractivity contribution in [1.82, 2.24) is 10.6 Å². The fourth-order valence-electron chi connectivity index (χ4n) is 2.38. The lowest BCUT2D eigenvalue weighted by atomic mass is 10.2. The Morgan fingerprint density at radius 2 is 1.70 bits per heavy atom. The van der Waals surface area contributed by atoms with Crippen molar-refractivity contribution in [2.45, 2.75) is 6.54 Å². The highest BCUT2D eigenvalue weighted by molar-refractivity contribution is 6.34. The minimum atomic E-state index is -0.478. The summed E-state index contributed by atoms with van der Waals surface area (Å²) in [5.41, 5.74) is 1.28. The van der Waals surface area contributed by atoms with Gasteiger partial charge < -0.3 is 15.1 Å². The molecule has 27 heavy (non-hydrogen) atoms. The maximum Gasteiger partial charge on any atom is 0.268 e. The molecule has 0 fully saturated rings. The van der Waals surface area contributed by atoms with Crippen LogP contribution >= 0.6 is 11.6 Å². The fraction of sp³-hybridized carbons (Fsp3) is 0.0476. The Labute approximate surface area is 161 Å². The minimum Gasteiger partial charge on any atom is -0.465 e. The van der Waals surface area contributed by atoms with Gasteiger partial charge in [-0.2, -0.15) is 0 Å². The fourth-order valence-corrected chi connectivity index (χ4v) is 2.60. The molecule has 3 aromatic rings. The Bertz CT molecular complexity index is 951.